The van der Waals surface area contributed by atoms with Crippen LogP contribution >= 0.6 is 0 Å². The minimum Gasteiger partial charge on any atom is -0.303 e. The summed E-state index contributed by atoms with van der Waals surface area (Å²) in [5, 5.41) is 6.36. The number of aromatic nitrogens is 2. The van der Waals surface area contributed by atoms with E-state index in [9.17, 15) is 14.4 Å². The van der Waals surface area contributed by atoms with E-state index in [1.54, 1.807) is 17.8 Å². The monoisotopic (exact) mass is 236 g/mol. The number of nitrogens with one attached hydrogen (secondary N) is 1. The molecule has 0 bridgehead atoms. The first-order valence-electron chi connectivity index (χ1n) is 5.19. The Hall–Kier alpha value is -2.18. The molecule has 0 saturated carbocycles. The largest absolute Gasteiger partial charge is 0.329 e. The predicted molar refractivity (Wildman–Crippen MR) is 58.5 cm³/mol. The van der Waals surface area contributed by atoms with Gasteiger partial charge in [0.05, 0.1) is 0 Å². The first-order chi connectivity index (χ1) is 8.11. The number of aldehydes is 1. The number of carbonyl (C=O) groups is 3. The van der Waals surface area contributed by atoms with Gasteiger partial charge in [-0.15, -0.1) is 0 Å². The molecule has 0 spiro atoms. The second-order valence-corrected chi connectivity index (χ2v) is 3.74. The number of hydrogen-bond donors (Lipinski definition) is 1. The van der Waals surface area contributed by atoms with E-state index >= 15 is 0 Å². The number of hydrogen-bond acceptors (Lipinski definition) is 4. The van der Waals surface area contributed by atoms with Crippen LogP contribution in [-0.2, 0) is 23.1 Å². The van der Waals surface area contributed by atoms with Gasteiger partial charge in [0.2, 0.25) is 5.91 Å². The number of amides is 3. The highest BCUT2D eigenvalue weighted by Gasteiger charge is 2.26. The molecule has 0 radical (unpaired) electrons. The fourth-order valence-corrected chi connectivity index (χ4v) is 1.68. The van der Waals surface area contributed by atoms with Crippen molar-refractivity contribution in [2.45, 2.75) is 12.8 Å². The van der Waals surface area contributed by atoms with E-state index in [4.69, 9.17) is 0 Å². The number of aryl methyl sites for hydroxylation is 1. The number of carbonyl (C=O) groups excluding carboxylic acids is 3. The van der Waals surface area contributed by atoms with Gasteiger partial charge < -0.3 is 4.79 Å². The number of nitrogens with zero attached hydrogens (tertiary/aromatic N) is 3. The lowest BCUT2D eigenvalue weighted by molar-refractivity contribution is -0.120. The Morgan fingerprint density at radius 2 is 2.29 bits per heavy atom. The van der Waals surface area contributed by atoms with Crippen LogP contribution in [0.25, 0.3) is 0 Å². The lowest BCUT2D eigenvalue weighted by Crippen LogP contribution is -2.49. The Balaban J connectivity index is 2.22. The van der Waals surface area contributed by atoms with Crippen molar-refractivity contribution in [1.82, 2.24) is 15.1 Å². The molecule has 1 aromatic heterocycles. The van der Waals surface area contributed by atoms with Crippen molar-refractivity contribution in [3.05, 3.63) is 11.8 Å². The van der Waals surface area contributed by atoms with Gasteiger partial charge in [-0.1, -0.05) is 0 Å². The van der Waals surface area contributed by atoms with Gasteiger partial charge in [0.25, 0.3) is 0 Å². The van der Waals surface area contributed by atoms with Crippen LogP contribution in [-0.4, -0.2) is 34.5 Å². The summed E-state index contributed by atoms with van der Waals surface area (Å²) in [7, 11) is 1.70. The highest BCUT2D eigenvalue weighted by Crippen LogP contribution is 2.16. The maximum absolute atomic E-state index is 11.6. The Kier molecular flexibility index (Phi) is 2.90. The molecule has 1 aliphatic rings. The quantitative estimate of drug-likeness (QED) is 0.724. The zero-order valence-corrected chi connectivity index (χ0v) is 9.34. The number of imide groups is 1. The SMILES string of the molecule is Cn1nc(N2CCC(=O)NC2=O)cc1CC=O. The van der Waals surface area contributed by atoms with Crippen LogP contribution in [0.3, 0.4) is 0 Å². The normalized spacial score (nSPS) is 15.9. The topological polar surface area (TPSA) is 84.3 Å². The van der Waals surface area contributed by atoms with Crippen molar-refractivity contribution in [2.24, 2.45) is 7.05 Å². The van der Waals surface area contributed by atoms with Crippen LogP contribution in [0.4, 0.5) is 10.6 Å². The minimum absolute atomic E-state index is 0.248. The highest BCUT2D eigenvalue weighted by atomic mass is 16.2. The molecule has 90 valence electrons. The maximum Gasteiger partial charge on any atom is 0.329 e. The Morgan fingerprint density at radius 1 is 1.53 bits per heavy atom. The average molecular weight is 236 g/mol. The van der Waals surface area contributed by atoms with Crippen LogP contribution < -0.4 is 10.2 Å². The van der Waals surface area contributed by atoms with Gasteiger partial charge in [0, 0.05) is 38.2 Å². The number of anilines is 1. The van der Waals surface area contributed by atoms with Crippen molar-refractivity contribution in [3.63, 3.8) is 0 Å². The number of urea groups is 1. The van der Waals surface area contributed by atoms with E-state index in [2.05, 4.69) is 10.4 Å². The Bertz CT molecular complexity index is 480. The Labute approximate surface area is 97.4 Å². The van der Waals surface area contributed by atoms with Gasteiger partial charge in [0.15, 0.2) is 5.82 Å². The van der Waals surface area contributed by atoms with Gasteiger partial charge in [-0.2, -0.15) is 5.10 Å². The molecule has 1 fully saturated rings. The van der Waals surface area contributed by atoms with Crippen molar-refractivity contribution in [3.8, 4) is 0 Å². The molecule has 17 heavy (non-hydrogen) atoms. The summed E-state index contributed by atoms with van der Waals surface area (Å²) in [5.41, 5.74) is 0.722. The molecule has 1 aromatic rings. The van der Waals surface area contributed by atoms with Crippen molar-refractivity contribution in [2.75, 3.05) is 11.4 Å². The molecule has 3 amide bonds. The Morgan fingerprint density at radius 3 is 2.94 bits per heavy atom. The van der Waals surface area contributed by atoms with E-state index in [1.165, 1.54) is 4.90 Å². The zero-order valence-electron chi connectivity index (χ0n) is 9.34. The summed E-state index contributed by atoms with van der Waals surface area (Å²) in [4.78, 5) is 34.4. The molecule has 0 unspecified atom stereocenters. The van der Waals surface area contributed by atoms with Crippen molar-refractivity contribution in [1.29, 1.82) is 0 Å². The second kappa shape index (κ2) is 4.36. The lowest BCUT2D eigenvalue weighted by atomic mass is 10.3. The van der Waals surface area contributed by atoms with E-state index in [0.717, 1.165) is 12.0 Å². The van der Waals surface area contributed by atoms with Gasteiger partial charge >= 0.3 is 6.03 Å². The van der Waals surface area contributed by atoms with Crippen LogP contribution in [0.1, 0.15) is 12.1 Å². The number of rotatable bonds is 3. The summed E-state index contributed by atoms with van der Waals surface area (Å²) >= 11 is 0. The fraction of sp³-hybridized carbons (Fsp3) is 0.400. The average Bonchev–Trinajstić information content (AvgIpc) is 2.60. The molecular formula is C10H12N4O3. The summed E-state index contributed by atoms with van der Waals surface area (Å²) in [6, 6.07) is 1.20. The van der Waals surface area contributed by atoms with Crippen molar-refractivity contribution >= 4 is 24.0 Å². The summed E-state index contributed by atoms with van der Waals surface area (Å²) in [6.07, 6.45) is 1.28. The molecule has 1 saturated heterocycles. The summed E-state index contributed by atoms with van der Waals surface area (Å²) in [6.45, 7) is 0.308. The summed E-state index contributed by atoms with van der Waals surface area (Å²) < 4.78 is 1.55. The molecule has 7 heteroatoms. The molecule has 1 N–H and O–H groups in total. The van der Waals surface area contributed by atoms with Crippen molar-refractivity contribution < 1.29 is 14.4 Å². The standard InChI is InChI=1S/C10H12N4O3/c1-13-7(3-5-15)6-8(12-13)14-4-2-9(16)11-10(14)17/h5-6H,2-4H2,1H3,(H,11,16,17). The van der Waals surface area contributed by atoms with Crippen LogP contribution in [0.15, 0.2) is 6.07 Å². The first-order valence-corrected chi connectivity index (χ1v) is 5.19. The molecule has 2 rings (SSSR count). The van der Waals surface area contributed by atoms with Gasteiger partial charge in [-0.25, -0.2) is 4.79 Å². The summed E-state index contributed by atoms with van der Waals surface area (Å²) in [5.74, 6) is 0.171. The third kappa shape index (κ3) is 2.17. The molecule has 2 heterocycles. The van der Waals surface area contributed by atoms with Gasteiger partial charge in [-0.05, 0) is 0 Å². The van der Waals surface area contributed by atoms with E-state index < -0.39 is 6.03 Å². The third-order valence-electron chi connectivity index (χ3n) is 2.59. The molecule has 0 atom stereocenters. The minimum atomic E-state index is -0.475. The van der Waals surface area contributed by atoms with Crippen LogP contribution in [0.2, 0.25) is 0 Å². The fourth-order valence-electron chi connectivity index (χ4n) is 1.68. The third-order valence-corrected chi connectivity index (χ3v) is 2.59. The molecular weight excluding hydrogens is 224 g/mol. The smallest absolute Gasteiger partial charge is 0.303 e. The molecule has 7 nitrogen and oxygen atoms in total. The van der Waals surface area contributed by atoms with E-state index in [1.807, 2.05) is 0 Å². The highest BCUT2D eigenvalue weighted by molar-refractivity contribution is 6.05. The van der Waals surface area contributed by atoms with Crippen LogP contribution in [0, 0.1) is 0 Å². The zero-order chi connectivity index (χ0) is 12.4. The maximum atomic E-state index is 11.6. The van der Waals surface area contributed by atoms with Gasteiger partial charge in [-0.3, -0.25) is 19.7 Å². The van der Waals surface area contributed by atoms with E-state index in [0.29, 0.717) is 12.4 Å². The molecule has 0 aliphatic carbocycles. The lowest BCUT2D eigenvalue weighted by Gasteiger charge is -2.24. The molecule has 1 aliphatic heterocycles. The van der Waals surface area contributed by atoms with Gasteiger partial charge in [0.1, 0.15) is 6.29 Å². The molecule has 0 aromatic carbocycles. The predicted octanol–water partition coefficient (Wildman–Crippen LogP) is -0.392. The second-order valence-electron chi connectivity index (χ2n) is 3.74. The van der Waals surface area contributed by atoms with E-state index in [-0.39, 0.29) is 18.7 Å². The van der Waals surface area contributed by atoms with Crippen LogP contribution in [0.5, 0.6) is 0 Å². The first kappa shape index (κ1) is 11.3.